The van der Waals surface area contributed by atoms with Gasteiger partial charge in [-0.25, -0.2) is 23.5 Å². The van der Waals surface area contributed by atoms with Crippen molar-refractivity contribution in [1.29, 1.82) is 0 Å². The third-order valence-electron chi connectivity index (χ3n) is 7.88. The average molecular weight is 754 g/mol. The summed E-state index contributed by atoms with van der Waals surface area (Å²) in [5.41, 5.74) is 1.15. The number of carbonyl (C=O) groups is 5. The SMILES string of the molecule is C=CC(=O)OCCCCOc1ccc(C(=O)Oc2ccc(OC(=O)c3ccc(OCC[n+]4ccn(CCOC(=O)CCCC(=O)C(=C)C)c4)cc3)cc2)cc1. The van der Waals surface area contributed by atoms with E-state index >= 15 is 0 Å². The van der Waals surface area contributed by atoms with E-state index in [1.165, 1.54) is 24.3 Å². The van der Waals surface area contributed by atoms with Crippen LogP contribution in [0.2, 0.25) is 0 Å². The second-order valence-corrected chi connectivity index (χ2v) is 12.2. The molecule has 55 heavy (non-hydrogen) atoms. The fraction of sp³-hybridized carbons (Fsp3) is 0.286. The van der Waals surface area contributed by atoms with Crippen LogP contribution in [-0.2, 0) is 36.9 Å². The van der Waals surface area contributed by atoms with E-state index in [0.717, 1.165) is 6.08 Å². The van der Waals surface area contributed by atoms with Crippen LogP contribution < -0.4 is 23.5 Å². The van der Waals surface area contributed by atoms with Crippen LogP contribution >= 0.6 is 0 Å². The molecule has 0 aliphatic carbocycles. The summed E-state index contributed by atoms with van der Waals surface area (Å²) in [4.78, 5) is 59.9. The number of allylic oxidation sites excluding steroid dienone is 1. The first-order valence-electron chi connectivity index (χ1n) is 17.8. The maximum atomic E-state index is 12.7. The number of rotatable bonds is 23. The van der Waals surface area contributed by atoms with E-state index in [-0.39, 0.29) is 36.3 Å². The van der Waals surface area contributed by atoms with Crippen LogP contribution in [-0.4, -0.2) is 60.7 Å². The summed E-state index contributed by atoms with van der Waals surface area (Å²) in [6.07, 6.45) is 9.03. The second-order valence-electron chi connectivity index (χ2n) is 12.2. The van der Waals surface area contributed by atoms with E-state index in [2.05, 4.69) is 13.2 Å². The highest BCUT2D eigenvalue weighted by Gasteiger charge is 2.13. The summed E-state index contributed by atoms with van der Waals surface area (Å²) in [5.74, 6) is -0.215. The summed E-state index contributed by atoms with van der Waals surface area (Å²) in [6, 6.07) is 19.2. The van der Waals surface area contributed by atoms with Crippen LogP contribution in [0.1, 0.15) is 59.7 Å². The number of benzene rings is 3. The minimum atomic E-state index is -0.560. The molecule has 0 fully saturated rings. The number of hydrogen-bond donors (Lipinski definition) is 0. The molecule has 0 atom stereocenters. The minimum Gasteiger partial charge on any atom is -0.494 e. The van der Waals surface area contributed by atoms with Crippen molar-refractivity contribution in [2.24, 2.45) is 0 Å². The van der Waals surface area contributed by atoms with Crippen molar-refractivity contribution in [2.75, 3.05) is 26.4 Å². The van der Waals surface area contributed by atoms with Gasteiger partial charge in [0.2, 0.25) is 6.33 Å². The van der Waals surface area contributed by atoms with E-state index in [4.69, 9.17) is 28.4 Å². The Morgan fingerprint density at radius 1 is 0.673 bits per heavy atom. The van der Waals surface area contributed by atoms with Crippen LogP contribution in [0.5, 0.6) is 23.0 Å². The van der Waals surface area contributed by atoms with E-state index in [9.17, 15) is 24.0 Å². The fourth-order valence-corrected chi connectivity index (χ4v) is 4.82. The number of Topliss-reactive ketones (excluding diaryl/α,β-unsaturated/α-hetero) is 1. The van der Waals surface area contributed by atoms with Gasteiger partial charge >= 0.3 is 23.9 Å². The molecule has 3 aromatic carbocycles. The molecule has 0 amide bonds. The van der Waals surface area contributed by atoms with Crippen molar-refractivity contribution in [1.82, 2.24) is 4.57 Å². The highest BCUT2D eigenvalue weighted by Crippen LogP contribution is 2.21. The topological polar surface area (TPSA) is 150 Å². The standard InChI is InChI=1S/C42H45N2O11/c1-4-39(46)52-27-6-5-26-50-34-14-10-32(11-15-34)41(48)54-36-18-20-37(21-19-36)55-42(49)33-12-16-35(17-13-33)51-28-24-43-22-23-44(30-43)25-29-53-40(47)9-7-8-38(45)31(2)3/h4,10-23,30H,1-2,5-9,24-29H2,3H3/q+1. The molecule has 13 nitrogen and oxygen atoms in total. The Labute approximate surface area is 319 Å². The molecule has 0 N–H and O–H groups in total. The first-order chi connectivity index (χ1) is 26.6. The highest BCUT2D eigenvalue weighted by molar-refractivity contribution is 5.94. The molecule has 0 spiro atoms. The Bertz CT molecular complexity index is 1910. The van der Waals surface area contributed by atoms with Crippen molar-refractivity contribution in [2.45, 2.75) is 52.1 Å². The molecule has 0 saturated carbocycles. The van der Waals surface area contributed by atoms with E-state index in [1.54, 1.807) is 55.5 Å². The molecule has 0 radical (unpaired) electrons. The lowest BCUT2D eigenvalue weighted by molar-refractivity contribution is -0.697. The van der Waals surface area contributed by atoms with Gasteiger partial charge in [-0.05, 0) is 105 Å². The molecule has 0 aliphatic rings. The zero-order valence-electron chi connectivity index (χ0n) is 30.8. The van der Waals surface area contributed by atoms with Gasteiger partial charge in [0.05, 0.1) is 24.3 Å². The van der Waals surface area contributed by atoms with Gasteiger partial charge in [-0.1, -0.05) is 13.2 Å². The zero-order chi connectivity index (χ0) is 39.4. The summed E-state index contributed by atoms with van der Waals surface area (Å²) >= 11 is 0. The van der Waals surface area contributed by atoms with E-state index in [0.29, 0.717) is 86.8 Å². The number of hydrogen-bond acceptors (Lipinski definition) is 11. The van der Waals surface area contributed by atoms with Gasteiger partial charge in [0.25, 0.3) is 0 Å². The van der Waals surface area contributed by atoms with Gasteiger partial charge in [0, 0.05) is 18.9 Å². The van der Waals surface area contributed by atoms with Gasteiger partial charge in [0.15, 0.2) is 5.78 Å². The molecule has 0 saturated heterocycles. The average Bonchev–Trinajstić information content (AvgIpc) is 3.64. The number of unbranched alkanes of at least 4 members (excludes halogenated alkanes) is 1. The Balaban J connectivity index is 1.11. The number of imidazole rings is 1. The lowest BCUT2D eigenvalue weighted by Gasteiger charge is -2.09. The quantitative estimate of drug-likeness (QED) is 0.0287. The van der Waals surface area contributed by atoms with Crippen molar-refractivity contribution < 1.29 is 57.0 Å². The molecule has 13 heteroatoms. The Morgan fingerprint density at radius 3 is 1.78 bits per heavy atom. The van der Waals surface area contributed by atoms with Crippen LogP contribution in [0.4, 0.5) is 0 Å². The van der Waals surface area contributed by atoms with Crippen molar-refractivity contribution >= 4 is 29.7 Å². The molecule has 0 aliphatic heterocycles. The van der Waals surface area contributed by atoms with Crippen molar-refractivity contribution in [3.8, 4) is 23.0 Å². The number of carbonyl (C=O) groups excluding carboxylic acids is 5. The minimum absolute atomic E-state index is 0.0427. The number of ketones is 1. The predicted octanol–water partition coefficient (Wildman–Crippen LogP) is 6.04. The van der Waals surface area contributed by atoms with Gasteiger partial charge in [-0.3, -0.25) is 9.59 Å². The third kappa shape index (κ3) is 14.8. The third-order valence-corrected chi connectivity index (χ3v) is 7.88. The molecular weight excluding hydrogens is 708 g/mol. The highest BCUT2D eigenvalue weighted by atomic mass is 16.5. The number of esters is 4. The van der Waals surface area contributed by atoms with Gasteiger partial charge < -0.3 is 28.4 Å². The maximum absolute atomic E-state index is 12.7. The lowest BCUT2D eigenvalue weighted by Crippen LogP contribution is -2.34. The van der Waals surface area contributed by atoms with Gasteiger partial charge in [-0.15, -0.1) is 0 Å². The molecule has 0 bridgehead atoms. The predicted molar refractivity (Wildman–Crippen MR) is 200 cm³/mol. The summed E-state index contributed by atoms with van der Waals surface area (Å²) in [6.45, 7) is 11.0. The molecule has 4 rings (SSSR count). The summed E-state index contributed by atoms with van der Waals surface area (Å²) < 4.78 is 36.4. The molecular formula is C42H45N2O11+. The monoisotopic (exact) mass is 753 g/mol. The van der Waals surface area contributed by atoms with E-state index in [1.807, 2.05) is 27.9 Å². The zero-order valence-corrected chi connectivity index (χ0v) is 30.8. The maximum Gasteiger partial charge on any atom is 0.343 e. The number of nitrogens with zero attached hydrogens (tertiary/aromatic N) is 2. The van der Waals surface area contributed by atoms with Crippen molar-refractivity contribution in [3.05, 3.63) is 127 Å². The molecule has 1 heterocycles. The molecule has 0 unspecified atom stereocenters. The van der Waals surface area contributed by atoms with Gasteiger partial charge in [-0.2, -0.15) is 0 Å². The summed E-state index contributed by atoms with van der Waals surface area (Å²) in [7, 11) is 0. The molecule has 288 valence electrons. The van der Waals surface area contributed by atoms with Gasteiger partial charge in [0.1, 0.15) is 61.7 Å². The lowest BCUT2D eigenvalue weighted by atomic mass is 10.1. The van der Waals surface area contributed by atoms with E-state index < -0.39 is 17.9 Å². The first kappa shape index (κ1) is 41.3. The largest absolute Gasteiger partial charge is 0.494 e. The number of aromatic nitrogens is 2. The van der Waals surface area contributed by atoms with Crippen LogP contribution in [0.15, 0.2) is 116 Å². The van der Waals surface area contributed by atoms with Crippen LogP contribution in [0, 0.1) is 0 Å². The Morgan fingerprint density at radius 2 is 1.22 bits per heavy atom. The Kier molecular flexibility index (Phi) is 16.4. The second kappa shape index (κ2) is 21.9. The fourth-order valence-electron chi connectivity index (χ4n) is 4.82. The first-order valence-corrected chi connectivity index (χ1v) is 17.8. The smallest absolute Gasteiger partial charge is 0.343 e. The molecule has 1 aromatic heterocycles. The Hall–Kier alpha value is -6.50. The number of ether oxygens (including phenoxy) is 6. The van der Waals surface area contributed by atoms with Crippen LogP contribution in [0.25, 0.3) is 0 Å². The van der Waals surface area contributed by atoms with Crippen LogP contribution in [0.3, 0.4) is 0 Å². The van der Waals surface area contributed by atoms with Crippen molar-refractivity contribution in [3.63, 3.8) is 0 Å². The normalized spacial score (nSPS) is 10.5. The molecule has 4 aromatic rings. The summed E-state index contributed by atoms with van der Waals surface area (Å²) in [5, 5.41) is 0.